The van der Waals surface area contributed by atoms with Crippen LogP contribution in [0.4, 0.5) is 5.69 Å². The molecule has 9 heteroatoms. The number of carboxylic acid groups (broad SMARTS) is 1. The summed E-state index contributed by atoms with van der Waals surface area (Å²) in [6, 6.07) is 4.24. The summed E-state index contributed by atoms with van der Waals surface area (Å²) in [6.07, 6.45) is 0.977. The SMILES string of the molecule is CC1CC(C)CN(S(=O)(=O)c2ccc3c(c2)N(CC(=O)O)C(=O)CO3)C1. The van der Waals surface area contributed by atoms with Gasteiger partial charge in [-0.25, -0.2) is 8.42 Å². The molecule has 1 fully saturated rings. The van der Waals surface area contributed by atoms with E-state index in [-0.39, 0.29) is 29.0 Å². The van der Waals surface area contributed by atoms with Gasteiger partial charge in [0.05, 0.1) is 10.6 Å². The number of amides is 1. The summed E-state index contributed by atoms with van der Waals surface area (Å²) < 4.78 is 32.8. The number of piperidine rings is 1. The van der Waals surface area contributed by atoms with Crippen LogP contribution in [-0.2, 0) is 19.6 Å². The molecule has 1 aromatic rings. The first kappa shape index (κ1) is 18.7. The highest BCUT2D eigenvalue weighted by Crippen LogP contribution is 2.36. The second-order valence-corrected chi connectivity index (χ2v) is 9.00. The summed E-state index contributed by atoms with van der Waals surface area (Å²) in [6.45, 7) is 4.11. The molecule has 0 spiro atoms. The van der Waals surface area contributed by atoms with E-state index in [0.717, 1.165) is 11.3 Å². The predicted octanol–water partition coefficient (Wildman–Crippen LogP) is 1.16. The average Bonchev–Trinajstić information content (AvgIpc) is 2.56. The lowest BCUT2D eigenvalue weighted by Gasteiger charge is -2.34. The van der Waals surface area contributed by atoms with Crippen LogP contribution in [-0.4, -0.2) is 55.9 Å². The Bertz CT molecular complexity index is 828. The van der Waals surface area contributed by atoms with Crippen molar-refractivity contribution >= 4 is 27.6 Å². The first-order valence-electron chi connectivity index (χ1n) is 8.47. The van der Waals surface area contributed by atoms with Crippen LogP contribution in [0.15, 0.2) is 23.1 Å². The molecule has 2 atom stereocenters. The van der Waals surface area contributed by atoms with Gasteiger partial charge in [-0.05, 0) is 36.5 Å². The highest BCUT2D eigenvalue weighted by atomic mass is 32.2. The molecule has 0 aromatic heterocycles. The molecule has 26 heavy (non-hydrogen) atoms. The Morgan fingerprint density at radius 3 is 2.54 bits per heavy atom. The molecule has 142 valence electrons. The van der Waals surface area contributed by atoms with Gasteiger partial charge in [0.2, 0.25) is 10.0 Å². The van der Waals surface area contributed by atoms with Gasteiger partial charge in [-0.3, -0.25) is 14.5 Å². The summed E-state index contributed by atoms with van der Waals surface area (Å²) in [4.78, 5) is 24.2. The number of carbonyl (C=O) groups is 2. The van der Waals surface area contributed by atoms with E-state index in [4.69, 9.17) is 9.84 Å². The van der Waals surface area contributed by atoms with E-state index >= 15 is 0 Å². The van der Waals surface area contributed by atoms with Crippen LogP contribution < -0.4 is 9.64 Å². The molecule has 0 bridgehead atoms. The number of anilines is 1. The topological polar surface area (TPSA) is 104 Å². The summed E-state index contributed by atoms with van der Waals surface area (Å²) >= 11 is 0. The molecule has 0 radical (unpaired) electrons. The van der Waals surface area contributed by atoms with Crippen LogP contribution in [0.25, 0.3) is 0 Å². The minimum atomic E-state index is -3.74. The lowest BCUT2D eigenvalue weighted by atomic mass is 9.94. The number of fused-ring (bicyclic) bond motifs is 1. The van der Waals surface area contributed by atoms with E-state index in [1.54, 1.807) is 0 Å². The third-order valence-corrected chi connectivity index (χ3v) is 6.47. The number of rotatable bonds is 4. The Hall–Kier alpha value is -2.13. The molecule has 1 N–H and O–H groups in total. The minimum absolute atomic E-state index is 0.0336. The summed E-state index contributed by atoms with van der Waals surface area (Å²) in [5, 5.41) is 9.04. The van der Waals surface area contributed by atoms with Crippen LogP contribution in [0.2, 0.25) is 0 Å². The van der Waals surface area contributed by atoms with Crippen LogP contribution in [0.1, 0.15) is 20.3 Å². The Morgan fingerprint density at radius 1 is 1.27 bits per heavy atom. The predicted molar refractivity (Wildman–Crippen MR) is 93.6 cm³/mol. The maximum absolute atomic E-state index is 13.0. The van der Waals surface area contributed by atoms with E-state index in [1.165, 1.54) is 22.5 Å². The summed E-state index contributed by atoms with van der Waals surface area (Å²) in [7, 11) is -3.74. The number of aliphatic carboxylic acids is 1. The number of nitrogens with zero attached hydrogens (tertiary/aromatic N) is 2. The first-order chi connectivity index (χ1) is 12.2. The standard InChI is InChI=1S/C17H22N2O6S/c1-11-5-12(2)8-18(7-11)26(23,24)13-3-4-15-14(6-13)19(9-17(21)22)16(20)10-25-15/h3-4,6,11-12H,5,7-10H2,1-2H3,(H,21,22). The van der Waals surface area contributed by atoms with E-state index < -0.39 is 28.4 Å². The van der Waals surface area contributed by atoms with Gasteiger partial charge < -0.3 is 9.84 Å². The largest absolute Gasteiger partial charge is 0.482 e. The van der Waals surface area contributed by atoms with Crippen LogP contribution in [0.3, 0.4) is 0 Å². The van der Waals surface area contributed by atoms with E-state index in [0.29, 0.717) is 18.8 Å². The Morgan fingerprint density at radius 2 is 1.92 bits per heavy atom. The maximum Gasteiger partial charge on any atom is 0.323 e. The Balaban J connectivity index is 1.98. The highest BCUT2D eigenvalue weighted by molar-refractivity contribution is 7.89. The van der Waals surface area contributed by atoms with Crippen LogP contribution in [0.5, 0.6) is 5.75 Å². The van der Waals surface area contributed by atoms with Crippen molar-refractivity contribution in [1.82, 2.24) is 4.31 Å². The van der Waals surface area contributed by atoms with Crippen molar-refractivity contribution in [3.05, 3.63) is 18.2 Å². The van der Waals surface area contributed by atoms with Gasteiger partial charge in [-0.1, -0.05) is 13.8 Å². The normalized spacial score (nSPS) is 24.1. The lowest BCUT2D eigenvalue weighted by Crippen LogP contribution is -2.43. The number of benzene rings is 1. The molecular weight excluding hydrogens is 360 g/mol. The number of hydrogen-bond acceptors (Lipinski definition) is 5. The van der Waals surface area contributed by atoms with Gasteiger partial charge in [-0.2, -0.15) is 4.31 Å². The zero-order valence-electron chi connectivity index (χ0n) is 14.7. The second kappa shape index (κ2) is 6.88. The molecule has 2 aliphatic heterocycles. The third kappa shape index (κ3) is 3.54. The Kier molecular flexibility index (Phi) is 4.94. The first-order valence-corrected chi connectivity index (χ1v) is 9.91. The zero-order chi connectivity index (χ0) is 19.1. The molecule has 2 unspecified atom stereocenters. The van der Waals surface area contributed by atoms with Crippen LogP contribution >= 0.6 is 0 Å². The lowest BCUT2D eigenvalue weighted by molar-refractivity contribution is -0.137. The molecule has 0 aliphatic carbocycles. The monoisotopic (exact) mass is 382 g/mol. The van der Waals surface area contributed by atoms with Gasteiger partial charge in [0.25, 0.3) is 5.91 Å². The third-order valence-electron chi connectivity index (χ3n) is 4.64. The van der Waals surface area contributed by atoms with E-state index in [9.17, 15) is 18.0 Å². The molecule has 2 heterocycles. The van der Waals surface area contributed by atoms with Gasteiger partial charge in [0.15, 0.2) is 6.61 Å². The maximum atomic E-state index is 13.0. The summed E-state index contributed by atoms with van der Waals surface area (Å²) in [5.41, 5.74) is 0.169. The molecule has 1 saturated heterocycles. The molecule has 3 rings (SSSR count). The number of sulfonamides is 1. The van der Waals surface area contributed by atoms with Crippen molar-refractivity contribution in [3.63, 3.8) is 0 Å². The molecule has 2 aliphatic rings. The smallest absolute Gasteiger partial charge is 0.323 e. The fourth-order valence-corrected chi connectivity index (χ4v) is 5.30. The molecule has 8 nitrogen and oxygen atoms in total. The van der Waals surface area contributed by atoms with Crippen molar-refractivity contribution < 1.29 is 27.9 Å². The molecule has 0 saturated carbocycles. The zero-order valence-corrected chi connectivity index (χ0v) is 15.5. The number of carboxylic acids is 1. The fourth-order valence-electron chi connectivity index (χ4n) is 3.60. The van der Waals surface area contributed by atoms with Gasteiger partial charge in [-0.15, -0.1) is 0 Å². The molecule has 1 aromatic carbocycles. The van der Waals surface area contributed by atoms with Gasteiger partial charge >= 0.3 is 5.97 Å². The van der Waals surface area contributed by atoms with Gasteiger partial charge in [0.1, 0.15) is 12.3 Å². The van der Waals surface area contributed by atoms with Crippen molar-refractivity contribution in [3.8, 4) is 5.75 Å². The average molecular weight is 382 g/mol. The van der Waals surface area contributed by atoms with Crippen molar-refractivity contribution in [1.29, 1.82) is 0 Å². The second-order valence-electron chi connectivity index (χ2n) is 7.06. The highest BCUT2D eigenvalue weighted by Gasteiger charge is 2.34. The summed E-state index contributed by atoms with van der Waals surface area (Å²) in [5.74, 6) is -0.878. The fraction of sp³-hybridized carbons (Fsp3) is 0.529. The minimum Gasteiger partial charge on any atom is -0.482 e. The van der Waals surface area contributed by atoms with Crippen molar-refractivity contribution in [2.45, 2.75) is 25.2 Å². The van der Waals surface area contributed by atoms with Gasteiger partial charge in [0, 0.05) is 13.1 Å². The number of ether oxygens (including phenoxy) is 1. The Labute approximate surface area is 152 Å². The van der Waals surface area contributed by atoms with E-state index in [2.05, 4.69) is 0 Å². The van der Waals surface area contributed by atoms with Crippen LogP contribution in [0, 0.1) is 11.8 Å². The quantitative estimate of drug-likeness (QED) is 0.838. The van der Waals surface area contributed by atoms with Crippen molar-refractivity contribution in [2.24, 2.45) is 11.8 Å². The number of carbonyl (C=O) groups excluding carboxylic acids is 1. The molecular formula is C17H22N2O6S. The van der Waals surface area contributed by atoms with E-state index in [1.807, 2.05) is 13.8 Å². The number of hydrogen-bond donors (Lipinski definition) is 1. The van der Waals surface area contributed by atoms with Crippen molar-refractivity contribution in [2.75, 3.05) is 31.1 Å². The molecule has 1 amide bonds.